The lowest BCUT2D eigenvalue weighted by Gasteiger charge is -2.11. The van der Waals surface area contributed by atoms with Crippen LogP contribution in [0.2, 0.25) is 0 Å². The molecule has 162 valence electrons. The Bertz CT molecular complexity index is 919. The minimum absolute atomic E-state index is 0. The number of guanidine groups is 1. The number of aromatic nitrogens is 3. The first kappa shape index (κ1) is 24.3. The summed E-state index contributed by atoms with van der Waals surface area (Å²) in [4.78, 5) is 15.0. The molecule has 6 nitrogen and oxygen atoms in total. The Hall–Kier alpha value is -1.94. The fraction of sp³-hybridized carbons (Fsp3) is 0.409. The highest BCUT2D eigenvalue weighted by atomic mass is 127. The molecular weight excluding hydrogens is 507 g/mol. The molecule has 0 fully saturated rings. The number of nitrogens with zero attached hydrogens (tertiary/aromatic N) is 4. The van der Waals surface area contributed by atoms with Gasteiger partial charge in [0.1, 0.15) is 12.4 Å². The third-order valence-electron chi connectivity index (χ3n) is 4.65. The lowest BCUT2D eigenvalue weighted by molar-refractivity contribution is 0.610. The predicted molar refractivity (Wildman–Crippen MR) is 136 cm³/mol. The normalized spacial score (nSPS) is 11.2. The Morgan fingerprint density at radius 1 is 1.17 bits per heavy atom. The summed E-state index contributed by atoms with van der Waals surface area (Å²) in [5.74, 6) is 1.79. The molecule has 0 unspecified atom stereocenters. The van der Waals surface area contributed by atoms with Gasteiger partial charge in [0, 0.05) is 30.4 Å². The standard InChI is InChI=1S/C22H30N6S.HI/c1-4-23-22(25-15-20-17(2)27-18(3)29-20)26-16-21-24-12-14-28(21)13-8-11-19-9-6-5-7-10-19;/h5-7,9-10,12,14H,4,8,11,13,15-16H2,1-3H3,(H2,23,25,26);1H. The van der Waals surface area contributed by atoms with Crippen molar-refractivity contribution in [1.82, 2.24) is 25.2 Å². The van der Waals surface area contributed by atoms with Crippen molar-refractivity contribution in [3.63, 3.8) is 0 Å². The first-order valence-corrected chi connectivity index (χ1v) is 11.0. The maximum atomic E-state index is 4.73. The molecule has 0 aliphatic heterocycles. The Morgan fingerprint density at radius 3 is 2.67 bits per heavy atom. The Morgan fingerprint density at radius 2 is 1.97 bits per heavy atom. The van der Waals surface area contributed by atoms with Crippen LogP contribution >= 0.6 is 35.3 Å². The zero-order chi connectivity index (χ0) is 20.5. The van der Waals surface area contributed by atoms with Gasteiger partial charge in [0.05, 0.1) is 17.2 Å². The first-order valence-electron chi connectivity index (χ1n) is 10.1. The number of rotatable bonds is 9. The number of halogens is 1. The molecule has 30 heavy (non-hydrogen) atoms. The van der Waals surface area contributed by atoms with Gasteiger partial charge in [-0.3, -0.25) is 0 Å². The van der Waals surface area contributed by atoms with Gasteiger partial charge in [-0.2, -0.15) is 0 Å². The molecule has 0 saturated heterocycles. The van der Waals surface area contributed by atoms with E-state index in [4.69, 9.17) is 4.99 Å². The van der Waals surface area contributed by atoms with Gasteiger partial charge < -0.3 is 15.2 Å². The van der Waals surface area contributed by atoms with Crippen molar-refractivity contribution < 1.29 is 0 Å². The summed E-state index contributed by atoms with van der Waals surface area (Å²) in [6.45, 7) is 9.21. The van der Waals surface area contributed by atoms with Gasteiger partial charge in [-0.05, 0) is 39.2 Å². The monoisotopic (exact) mass is 538 g/mol. The summed E-state index contributed by atoms with van der Waals surface area (Å²) in [6.07, 6.45) is 6.05. The third kappa shape index (κ3) is 7.39. The van der Waals surface area contributed by atoms with Crippen molar-refractivity contribution in [1.29, 1.82) is 0 Å². The third-order valence-corrected chi connectivity index (χ3v) is 5.72. The number of imidazole rings is 1. The SMILES string of the molecule is CCNC(=NCc1nccn1CCCc1ccccc1)NCc1sc(C)nc1C.I. The molecule has 2 aromatic heterocycles. The number of benzene rings is 1. The second-order valence-electron chi connectivity index (χ2n) is 6.92. The molecule has 0 radical (unpaired) electrons. The average molecular weight is 539 g/mol. The van der Waals surface area contributed by atoms with Gasteiger partial charge in [-0.1, -0.05) is 30.3 Å². The number of aryl methyl sites for hydroxylation is 4. The van der Waals surface area contributed by atoms with E-state index >= 15 is 0 Å². The van der Waals surface area contributed by atoms with Crippen LogP contribution in [0.15, 0.2) is 47.7 Å². The summed E-state index contributed by atoms with van der Waals surface area (Å²) in [5, 5.41) is 7.82. The summed E-state index contributed by atoms with van der Waals surface area (Å²) >= 11 is 1.73. The molecule has 2 heterocycles. The Balaban J connectivity index is 0.00000320. The number of nitrogens with one attached hydrogen (secondary N) is 2. The van der Waals surface area contributed by atoms with Crippen molar-refractivity contribution in [2.24, 2.45) is 4.99 Å². The fourth-order valence-corrected chi connectivity index (χ4v) is 4.06. The van der Waals surface area contributed by atoms with Gasteiger partial charge in [0.25, 0.3) is 0 Å². The quantitative estimate of drug-likeness (QED) is 0.240. The van der Waals surface area contributed by atoms with E-state index in [9.17, 15) is 0 Å². The second-order valence-corrected chi connectivity index (χ2v) is 8.20. The van der Waals surface area contributed by atoms with Gasteiger partial charge in [-0.15, -0.1) is 35.3 Å². The minimum atomic E-state index is 0. The van der Waals surface area contributed by atoms with E-state index in [1.54, 1.807) is 11.3 Å². The van der Waals surface area contributed by atoms with Crippen LogP contribution in [0.5, 0.6) is 0 Å². The summed E-state index contributed by atoms with van der Waals surface area (Å²) < 4.78 is 2.20. The van der Waals surface area contributed by atoms with Gasteiger partial charge in [0.2, 0.25) is 0 Å². The van der Waals surface area contributed by atoms with Crippen LogP contribution in [0, 0.1) is 13.8 Å². The molecule has 0 bridgehead atoms. The Labute approximate surface area is 200 Å². The molecule has 3 aromatic rings. The molecule has 2 N–H and O–H groups in total. The lowest BCUT2D eigenvalue weighted by atomic mass is 10.1. The second kappa shape index (κ2) is 12.7. The number of aliphatic imine (C=N–C) groups is 1. The summed E-state index contributed by atoms with van der Waals surface area (Å²) in [5.41, 5.74) is 2.46. The highest BCUT2D eigenvalue weighted by Crippen LogP contribution is 2.16. The van der Waals surface area contributed by atoms with Crippen LogP contribution in [0.3, 0.4) is 0 Å². The maximum Gasteiger partial charge on any atom is 0.191 e. The van der Waals surface area contributed by atoms with Crippen molar-refractivity contribution in [2.45, 2.75) is 53.2 Å². The van der Waals surface area contributed by atoms with E-state index in [0.717, 1.165) is 55.0 Å². The average Bonchev–Trinajstić information content (AvgIpc) is 3.30. The lowest BCUT2D eigenvalue weighted by Crippen LogP contribution is -2.36. The van der Waals surface area contributed by atoms with Crippen molar-refractivity contribution in [2.75, 3.05) is 6.54 Å². The zero-order valence-electron chi connectivity index (χ0n) is 17.9. The number of hydrogen-bond donors (Lipinski definition) is 2. The molecule has 8 heteroatoms. The van der Waals surface area contributed by atoms with E-state index in [-0.39, 0.29) is 24.0 Å². The van der Waals surface area contributed by atoms with Gasteiger partial charge >= 0.3 is 0 Å². The van der Waals surface area contributed by atoms with E-state index in [1.807, 2.05) is 19.3 Å². The number of hydrogen-bond acceptors (Lipinski definition) is 4. The molecule has 3 rings (SSSR count). The van der Waals surface area contributed by atoms with Gasteiger partial charge in [0.15, 0.2) is 5.96 Å². The molecule has 1 aromatic carbocycles. The van der Waals surface area contributed by atoms with Crippen LogP contribution in [0.1, 0.15) is 40.3 Å². The zero-order valence-corrected chi connectivity index (χ0v) is 21.0. The molecule has 0 spiro atoms. The van der Waals surface area contributed by atoms with Crippen molar-refractivity contribution >= 4 is 41.3 Å². The Kier molecular flexibility index (Phi) is 10.3. The minimum Gasteiger partial charge on any atom is -0.357 e. The first-order chi connectivity index (χ1) is 14.2. The van der Waals surface area contributed by atoms with Crippen LogP contribution in [-0.2, 0) is 26.1 Å². The van der Waals surface area contributed by atoms with Crippen LogP contribution < -0.4 is 10.6 Å². The van der Waals surface area contributed by atoms with E-state index in [1.165, 1.54) is 10.4 Å². The fourth-order valence-electron chi connectivity index (χ4n) is 3.19. The van der Waals surface area contributed by atoms with Gasteiger partial charge in [-0.25, -0.2) is 15.0 Å². The largest absolute Gasteiger partial charge is 0.357 e. The van der Waals surface area contributed by atoms with Crippen LogP contribution in [0.25, 0.3) is 0 Å². The van der Waals surface area contributed by atoms with Crippen LogP contribution in [0.4, 0.5) is 0 Å². The number of thiazole rings is 1. The van der Waals surface area contributed by atoms with E-state index in [2.05, 4.69) is 69.3 Å². The molecule has 0 saturated carbocycles. The molecule has 0 aliphatic carbocycles. The summed E-state index contributed by atoms with van der Waals surface area (Å²) in [6, 6.07) is 10.6. The molecule has 0 aliphatic rings. The summed E-state index contributed by atoms with van der Waals surface area (Å²) in [7, 11) is 0. The topological polar surface area (TPSA) is 67.1 Å². The van der Waals surface area contributed by atoms with Crippen LogP contribution in [-0.4, -0.2) is 27.0 Å². The van der Waals surface area contributed by atoms with E-state index in [0.29, 0.717) is 6.54 Å². The maximum absolute atomic E-state index is 4.73. The van der Waals surface area contributed by atoms with Crippen molar-refractivity contribution in [3.8, 4) is 0 Å². The molecule has 0 atom stereocenters. The predicted octanol–water partition coefficient (Wildman–Crippen LogP) is 4.46. The molecular formula is C22H31IN6S. The highest BCUT2D eigenvalue weighted by molar-refractivity contribution is 14.0. The smallest absolute Gasteiger partial charge is 0.191 e. The van der Waals surface area contributed by atoms with Crippen molar-refractivity contribution in [3.05, 3.63) is 69.7 Å². The van der Waals surface area contributed by atoms with E-state index < -0.39 is 0 Å². The highest BCUT2D eigenvalue weighted by Gasteiger charge is 2.07. The molecule has 0 amide bonds.